The van der Waals surface area contributed by atoms with Gasteiger partial charge >= 0.3 is 0 Å². The lowest BCUT2D eigenvalue weighted by atomic mass is 10.0. The van der Waals surface area contributed by atoms with E-state index in [0.717, 1.165) is 4.90 Å². The molecule has 2 heterocycles. The van der Waals surface area contributed by atoms with Crippen LogP contribution in [0, 0.1) is 0 Å². The SMILES string of the molecule is O=C(Nc1ccccc1-c1nc2cc(Cl)ccc2o1)C(c1ccccc1)N1C(=O)c2ccccc2C1=O. The Bertz CT molecular complexity index is 1660. The van der Waals surface area contributed by atoms with E-state index in [1.165, 1.54) is 0 Å². The number of para-hydroxylation sites is 1. The first-order valence-corrected chi connectivity index (χ1v) is 11.9. The summed E-state index contributed by atoms with van der Waals surface area (Å²) in [6.45, 7) is 0. The van der Waals surface area contributed by atoms with E-state index in [9.17, 15) is 14.4 Å². The molecule has 1 atom stereocenters. The van der Waals surface area contributed by atoms with Crippen molar-refractivity contribution in [3.8, 4) is 11.5 Å². The Labute approximate surface area is 216 Å². The molecule has 5 aromatic rings. The van der Waals surface area contributed by atoms with E-state index < -0.39 is 23.8 Å². The molecular weight excluding hydrogens is 490 g/mol. The Balaban J connectivity index is 1.39. The fourth-order valence-electron chi connectivity index (χ4n) is 4.49. The molecule has 1 N–H and O–H groups in total. The highest BCUT2D eigenvalue weighted by Gasteiger charge is 2.43. The number of imide groups is 1. The summed E-state index contributed by atoms with van der Waals surface area (Å²) in [6, 6.07) is 26.3. The number of fused-ring (bicyclic) bond motifs is 2. The maximum atomic E-state index is 13.8. The standard InChI is InChI=1S/C29H18ClN3O4/c30-18-14-15-24-23(16-18)32-27(37-24)21-12-6-7-13-22(21)31-26(34)25(17-8-2-1-3-9-17)33-28(35)19-10-4-5-11-20(19)29(33)36/h1-16,25H,(H,31,34). The summed E-state index contributed by atoms with van der Waals surface area (Å²) < 4.78 is 5.91. The second-order valence-electron chi connectivity index (χ2n) is 8.51. The number of carbonyl (C=O) groups excluding carboxylic acids is 3. The van der Waals surface area contributed by atoms with E-state index >= 15 is 0 Å². The van der Waals surface area contributed by atoms with E-state index in [1.807, 2.05) is 0 Å². The third kappa shape index (κ3) is 3.95. The van der Waals surface area contributed by atoms with E-state index in [2.05, 4.69) is 10.3 Å². The molecule has 0 saturated carbocycles. The minimum Gasteiger partial charge on any atom is -0.436 e. The van der Waals surface area contributed by atoms with Crippen LogP contribution in [0.2, 0.25) is 5.02 Å². The van der Waals surface area contributed by atoms with Gasteiger partial charge < -0.3 is 9.73 Å². The summed E-state index contributed by atoms with van der Waals surface area (Å²) in [4.78, 5) is 45.9. The van der Waals surface area contributed by atoms with Crippen molar-refractivity contribution < 1.29 is 18.8 Å². The van der Waals surface area contributed by atoms with Crippen molar-refractivity contribution in [3.05, 3.63) is 119 Å². The van der Waals surface area contributed by atoms with Gasteiger partial charge in [-0.2, -0.15) is 0 Å². The van der Waals surface area contributed by atoms with E-state index in [4.69, 9.17) is 16.0 Å². The maximum absolute atomic E-state index is 13.8. The van der Waals surface area contributed by atoms with Crippen molar-refractivity contribution in [2.75, 3.05) is 5.32 Å². The summed E-state index contributed by atoms with van der Waals surface area (Å²) in [5, 5.41) is 3.43. The van der Waals surface area contributed by atoms with Gasteiger partial charge in [0.1, 0.15) is 11.6 Å². The van der Waals surface area contributed by atoms with Gasteiger partial charge in [0, 0.05) is 5.02 Å². The first-order chi connectivity index (χ1) is 18.0. The van der Waals surface area contributed by atoms with Gasteiger partial charge in [-0.25, -0.2) is 4.98 Å². The molecule has 0 bridgehead atoms. The van der Waals surface area contributed by atoms with Crippen LogP contribution in [-0.4, -0.2) is 27.6 Å². The number of anilines is 1. The monoisotopic (exact) mass is 507 g/mol. The maximum Gasteiger partial charge on any atom is 0.262 e. The summed E-state index contributed by atoms with van der Waals surface area (Å²) in [6.07, 6.45) is 0. The lowest BCUT2D eigenvalue weighted by Crippen LogP contribution is -2.41. The van der Waals surface area contributed by atoms with Crippen LogP contribution in [0.3, 0.4) is 0 Å². The Morgan fingerprint density at radius 3 is 2.14 bits per heavy atom. The molecule has 0 spiro atoms. The molecule has 37 heavy (non-hydrogen) atoms. The fourth-order valence-corrected chi connectivity index (χ4v) is 4.66. The number of hydrogen-bond acceptors (Lipinski definition) is 5. The number of nitrogens with zero attached hydrogens (tertiary/aromatic N) is 2. The van der Waals surface area contributed by atoms with Crippen LogP contribution < -0.4 is 5.32 Å². The zero-order valence-corrected chi connectivity index (χ0v) is 20.0. The minimum absolute atomic E-state index is 0.270. The zero-order valence-electron chi connectivity index (χ0n) is 19.2. The highest BCUT2D eigenvalue weighted by Crippen LogP contribution is 2.35. The highest BCUT2D eigenvalue weighted by atomic mass is 35.5. The molecule has 1 aliphatic rings. The first kappa shape index (κ1) is 22.7. The minimum atomic E-state index is -1.19. The third-order valence-electron chi connectivity index (χ3n) is 6.21. The van der Waals surface area contributed by atoms with E-state index in [1.54, 1.807) is 97.1 Å². The number of halogens is 1. The molecule has 4 aromatic carbocycles. The molecule has 8 heteroatoms. The number of oxazole rings is 1. The van der Waals surface area contributed by atoms with Gasteiger partial charge in [0.05, 0.1) is 22.4 Å². The topological polar surface area (TPSA) is 92.5 Å². The molecule has 180 valence electrons. The number of amides is 3. The lowest BCUT2D eigenvalue weighted by Gasteiger charge is -2.26. The van der Waals surface area contributed by atoms with Gasteiger partial charge in [-0.15, -0.1) is 0 Å². The molecule has 1 aliphatic heterocycles. The Morgan fingerprint density at radius 1 is 0.811 bits per heavy atom. The van der Waals surface area contributed by atoms with Crippen molar-refractivity contribution in [1.82, 2.24) is 9.88 Å². The normalized spacial score (nSPS) is 13.6. The van der Waals surface area contributed by atoms with Crippen LogP contribution in [0.1, 0.15) is 32.3 Å². The summed E-state index contributed by atoms with van der Waals surface area (Å²) >= 11 is 6.09. The molecule has 3 amide bonds. The van der Waals surface area contributed by atoms with Gasteiger partial charge in [0.25, 0.3) is 17.7 Å². The van der Waals surface area contributed by atoms with Crippen LogP contribution >= 0.6 is 11.6 Å². The lowest BCUT2D eigenvalue weighted by molar-refractivity contribution is -0.120. The average molecular weight is 508 g/mol. The zero-order chi connectivity index (χ0) is 25.5. The molecule has 6 rings (SSSR count). The van der Waals surface area contributed by atoms with Crippen molar-refractivity contribution in [3.63, 3.8) is 0 Å². The molecule has 0 aliphatic carbocycles. The molecule has 0 saturated heterocycles. The summed E-state index contributed by atoms with van der Waals surface area (Å²) in [7, 11) is 0. The highest BCUT2D eigenvalue weighted by molar-refractivity contribution is 6.31. The van der Waals surface area contributed by atoms with Crippen molar-refractivity contribution in [1.29, 1.82) is 0 Å². The second kappa shape index (κ2) is 9.04. The van der Waals surface area contributed by atoms with Crippen LogP contribution in [0.25, 0.3) is 22.6 Å². The van der Waals surface area contributed by atoms with Crippen LogP contribution in [0.15, 0.2) is 101 Å². The first-order valence-electron chi connectivity index (χ1n) is 11.5. The van der Waals surface area contributed by atoms with E-state index in [0.29, 0.717) is 38.8 Å². The van der Waals surface area contributed by atoms with Crippen LogP contribution in [-0.2, 0) is 4.79 Å². The number of hydrogen-bond donors (Lipinski definition) is 1. The van der Waals surface area contributed by atoms with Gasteiger partial charge in [0.2, 0.25) is 5.89 Å². The van der Waals surface area contributed by atoms with Crippen molar-refractivity contribution >= 4 is 46.1 Å². The van der Waals surface area contributed by atoms with Gasteiger partial charge in [-0.05, 0) is 48.0 Å². The second-order valence-corrected chi connectivity index (χ2v) is 8.94. The number of aromatic nitrogens is 1. The fraction of sp³-hybridized carbons (Fsp3) is 0.0345. The van der Waals surface area contributed by atoms with Crippen LogP contribution in [0.4, 0.5) is 5.69 Å². The number of nitrogens with one attached hydrogen (secondary N) is 1. The Morgan fingerprint density at radius 2 is 1.43 bits per heavy atom. The summed E-state index contributed by atoms with van der Waals surface area (Å²) in [5.41, 5.74) is 3.13. The number of carbonyl (C=O) groups is 3. The third-order valence-corrected chi connectivity index (χ3v) is 6.45. The smallest absolute Gasteiger partial charge is 0.262 e. The van der Waals surface area contributed by atoms with Gasteiger partial charge in [-0.3, -0.25) is 19.3 Å². The Kier molecular flexibility index (Phi) is 5.54. The van der Waals surface area contributed by atoms with Gasteiger partial charge in [0.15, 0.2) is 5.58 Å². The van der Waals surface area contributed by atoms with Gasteiger partial charge in [-0.1, -0.05) is 66.2 Å². The molecule has 1 unspecified atom stereocenters. The largest absolute Gasteiger partial charge is 0.436 e. The molecule has 7 nitrogen and oxygen atoms in total. The molecular formula is C29H18ClN3O4. The summed E-state index contributed by atoms with van der Waals surface area (Å²) in [5.74, 6) is -1.29. The molecule has 1 aromatic heterocycles. The van der Waals surface area contributed by atoms with E-state index in [-0.39, 0.29) is 11.1 Å². The number of benzene rings is 4. The quantitative estimate of drug-likeness (QED) is 0.289. The predicted molar refractivity (Wildman–Crippen MR) is 139 cm³/mol. The average Bonchev–Trinajstić information content (AvgIpc) is 3.44. The van der Waals surface area contributed by atoms with Crippen molar-refractivity contribution in [2.24, 2.45) is 0 Å². The molecule has 0 radical (unpaired) electrons. The Hall–Kier alpha value is -4.75. The number of rotatable bonds is 5. The van der Waals surface area contributed by atoms with Crippen LogP contribution in [0.5, 0.6) is 0 Å². The predicted octanol–water partition coefficient (Wildman–Crippen LogP) is 6.12. The van der Waals surface area contributed by atoms with Crippen molar-refractivity contribution in [2.45, 2.75) is 6.04 Å². The molecule has 0 fully saturated rings.